The van der Waals surface area contributed by atoms with Crippen LogP contribution in [0.5, 0.6) is 5.75 Å². The van der Waals surface area contributed by atoms with Crippen LogP contribution in [-0.2, 0) is 31.8 Å². The third-order valence-corrected chi connectivity index (χ3v) is 11.0. The summed E-state index contributed by atoms with van der Waals surface area (Å²) < 4.78 is 47.4. The summed E-state index contributed by atoms with van der Waals surface area (Å²) in [5.74, 6) is -0.513. The van der Waals surface area contributed by atoms with Crippen LogP contribution in [-0.4, -0.2) is 76.4 Å². The molecule has 3 aliphatic rings. The minimum atomic E-state index is -4.86. The Kier molecular flexibility index (Phi) is 12.5. The van der Waals surface area contributed by atoms with Crippen molar-refractivity contribution in [2.75, 3.05) is 46.7 Å². The minimum absolute atomic E-state index is 0.0270. The van der Waals surface area contributed by atoms with E-state index in [4.69, 9.17) is 22.2 Å². The molecule has 1 atom stereocenters. The van der Waals surface area contributed by atoms with Gasteiger partial charge in [-0.15, -0.1) is 0 Å². The molecule has 2 aromatic carbocycles. The largest absolute Gasteiger partial charge is 0.493 e. The SMILES string of the molecule is CCc1cc(N2C(=S)N(c3cnc(C#N)c(C(F)(F)F)c3)C(=O)C2(C)C)ccc1OCCC1CCN(CC(=O)Nc2cc(C#N)cc(NC3CCC(=O)NC3=O)c2)CC1. The van der Waals surface area contributed by atoms with Gasteiger partial charge >= 0.3 is 6.18 Å². The molecule has 0 aliphatic carbocycles. The Morgan fingerprint density at radius 2 is 1.76 bits per heavy atom. The van der Waals surface area contributed by atoms with Crippen LogP contribution in [0, 0.1) is 28.6 Å². The van der Waals surface area contributed by atoms with Gasteiger partial charge in [0, 0.05) is 23.5 Å². The molecule has 4 heterocycles. The van der Waals surface area contributed by atoms with Crippen molar-refractivity contribution < 1.29 is 37.1 Å². The first-order valence-electron chi connectivity index (χ1n) is 19.1. The van der Waals surface area contributed by atoms with E-state index in [0.717, 1.165) is 35.9 Å². The number of likely N-dealkylation sites (tertiary alicyclic amines) is 1. The van der Waals surface area contributed by atoms with Crippen LogP contribution in [0.2, 0.25) is 0 Å². The highest BCUT2D eigenvalue weighted by atomic mass is 32.1. The van der Waals surface area contributed by atoms with E-state index in [1.54, 1.807) is 49.1 Å². The van der Waals surface area contributed by atoms with Gasteiger partial charge in [-0.05, 0) is 125 Å². The zero-order valence-electron chi connectivity index (χ0n) is 32.6. The lowest BCUT2D eigenvalue weighted by Gasteiger charge is -2.31. The van der Waals surface area contributed by atoms with E-state index in [-0.39, 0.29) is 35.6 Å². The van der Waals surface area contributed by atoms with Crippen LogP contribution in [0.1, 0.15) is 75.3 Å². The van der Waals surface area contributed by atoms with Gasteiger partial charge in [0.2, 0.25) is 17.7 Å². The molecule has 0 spiro atoms. The Balaban J connectivity index is 1.01. The van der Waals surface area contributed by atoms with Crippen molar-refractivity contribution in [2.24, 2.45) is 5.92 Å². The van der Waals surface area contributed by atoms with Gasteiger partial charge in [-0.3, -0.25) is 34.3 Å². The van der Waals surface area contributed by atoms with Crippen molar-refractivity contribution in [3.8, 4) is 17.9 Å². The first kappa shape index (κ1) is 42.5. The number of nitriles is 2. The van der Waals surface area contributed by atoms with Crippen LogP contribution >= 0.6 is 12.2 Å². The molecule has 14 nitrogen and oxygen atoms in total. The number of nitrogens with zero attached hydrogens (tertiary/aromatic N) is 6. The lowest BCUT2D eigenvalue weighted by atomic mass is 9.94. The monoisotopic (exact) mass is 829 g/mol. The molecule has 3 saturated heterocycles. The summed E-state index contributed by atoms with van der Waals surface area (Å²) in [5, 5.41) is 26.9. The summed E-state index contributed by atoms with van der Waals surface area (Å²) in [6.45, 7) is 7.27. The molecule has 59 heavy (non-hydrogen) atoms. The van der Waals surface area contributed by atoms with E-state index in [2.05, 4.69) is 31.9 Å². The summed E-state index contributed by atoms with van der Waals surface area (Å²) in [4.78, 5) is 58.7. The zero-order valence-corrected chi connectivity index (χ0v) is 33.4. The normalized spacial score (nSPS) is 18.6. The number of thiocarbonyl (C=S) groups is 1. The molecule has 1 unspecified atom stereocenters. The fourth-order valence-electron chi connectivity index (χ4n) is 7.51. The van der Waals surface area contributed by atoms with Gasteiger partial charge in [0.05, 0.1) is 42.2 Å². The van der Waals surface area contributed by atoms with Crippen LogP contribution in [0.25, 0.3) is 0 Å². The Hall–Kier alpha value is -6.11. The predicted molar refractivity (Wildman–Crippen MR) is 215 cm³/mol. The molecular weight excluding hydrogens is 788 g/mol. The van der Waals surface area contributed by atoms with Crippen molar-refractivity contribution in [3.63, 3.8) is 0 Å². The van der Waals surface area contributed by atoms with Crippen molar-refractivity contribution >= 4 is 63.7 Å². The molecule has 308 valence electrons. The molecule has 3 aliphatic heterocycles. The quantitative estimate of drug-likeness (QED) is 0.151. The molecule has 4 amide bonds. The topological polar surface area (TPSA) is 184 Å². The molecule has 3 aromatic rings. The fraction of sp³-hybridized carbons (Fsp3) is 0.415. The Bertz CT molecular complexity index is 2260. The van der Waals surface area contributed by atoms with Crippen molar-refractivity contribution in [2.45, 2.75) is 77.1 Å². The highest BCUT2D eigenvalue weighted by Crippen LogP contribution is 2.40. The molecule has 1 aromatic heterocycles. The van der Waals surface area contributed by atoms with Crippen molar-refractivity contribution in [1.82, 2.24) is 15.2 Å². The second kappa shape index (κ2) is 17.4. The number of aromatic nitrogens is 1. The summed E-state index contributed by atoms with van der Waals surface area (Å²) in [7, 11) is 0. The number of carbonyl (C=O) groups excluding carboxylic acids is 4. The molecule has 6 rings (SSSR count). The van der Waals surface area contributed by atoms with Gasteiger partial charge in [0.25, 0.3) is 5.91 Å². The Morgan fingerprint density at radius 3 is 2.42 bits per heavy atom. The number of ether oxygens (including phenoxy) is 1. The van der Waals surface area contributed by atoms with Crippen molar-refractivity contribution in [1.29, 1.82) is 10.5 Å². The third-order valence-electron chi connectivity index (χ3n) is 10.7. The van der Waals surface area contributed by atoms with Gasteiger partial charge in [-0.1, -0.05) is 6.92 Å². The van der Waals surface area contributed by atoms with E-state index < -0.39 is 40.8 Å². The van der Waals surface area contributed by atoms with Gasteiger partial charge in [-0.25, -0.2) is 4.98 Å². The molecule has 0 saturated carbocycles. The number of alkyl halides is 3. The van der Waals surface area contributed by atoms with Crippen LogP contribution in [0.15, 0.2) is 48.7 Å². The smallest absolute Gasteiger partial charge is 0.419 e. The first-order valence-corrected chi connectivity index (χ1v) is 19.5. The molecule has 18 heteroatoms. The number of rotatable bonds is 12. The van der Waals surface area contributed by atoms with Gasteiger partial charge < -0.3 is 20.3 Å². The summed E-state index contributed by atoms with van der Waals surface area (Å²) in [5.41, 5.74) is -0.882. The number of nitrogens with one attached hydrogen (secondary N) is 3. The number of anilines is 4. The summed E-state index contributed by atoms with van der Waals surface area (Å²) >= 11 is 5.68. The van der Waals surface area contributed by atoms with Crippen LogP contribution in [0.3, 0.4) is 0 Å². The van der Waals surface area contributed by atoms with Crippen LogP contribution < -0.4 is 30.5 Å². The second-order valence-electron chi connectivity index (χ2n) is 15.1. The second-order valence-corrected chi connectivity index (χ2v) is 15.5. The highest BCUT2D eigenvalue weighted by molar-refractivity contribution is 7.81. The number of imide groups is 1. The first-order chi connectivity index (χ1) is 28.0. The molecular formula is C41H42F3N9O5S. The van der Waals surface area contributed by atoms with E-state index in [0.29, 0.717) is 72.9 Å². The van der Waals surface area contributed by atoms with Crippen LogP contribution in [0.4, 0.5) is 35.9 Å². The molecule has 0 radical (unpaired) electrons. The van der Waals surface area contributed by atoms with E-state index >= 15 is 0 Å². The number of pyridine rings is 1. The van der Waals surface area contributed by atoms with Gasteiger partial charge in [-0.2, -0.15) is 23.7 Å². The van der Waals surface area contributed by atoms with Gasteiger partial charge in [0.1, 0.15) is 23.4 Å². The standard InChI is InChI=1S/C41H42F3N9O5S/c1-4-26-17-29(53-39(59)52(38(57)40(53,2)3)30-19-31(41(42,43)44)33(21-46)47-22-30)5-7-34(26)58-14-11-24-9-12-51(13-10-24)23-36(55)49-28-16-25(20-45)15-27(18-28)48-32-6-8-35(54)50-37(32)56/h5,7,15-19,22,24,32,48H,4,6,8-14,23H2,1-3H3,(H,49,55)(H,50,54,56). The maximum atomic E-state index is 13.7. The minimum Gasteiger partial charge on any atom is -0.493 e. The average molecular weight is 830 g/mol. The number of hydrogen-bond donors (Lipinski definition) is 3. The molecule has 3 N–H and O–H groups in total. The zero-order chi connectivity index (χ0) is 42.6. The van der Waals surface area contributed by atoms with Gasteiger partial charge in [0.15, 0.2) is 10.8 Å². The molecule has 0 bridgehead atoms. The summed E-state index contributed by atoms with van der Waals surface area (Å²) in [6.07, 6.45) is -0.187. The average Bonchev–Trinajstić information content (AvgIpc) is 3.37. The highest BCUT2D eigenvalue weighted by Gasteiger charge is 2.51. The fourth-order valence-corrected chi connectivity index (χ4v) is 8.03. The Labute approximate surface area is 344 Å². The number of piperidine rings is 2. The number of hydrogen-bond acceptors (Lipinski definition) is 11. The van der Waals surface area contributed by atoms with E-state index in [1.165, 1.54) is 6.07 Å². The number of halogens is 3. The number of benzene rings is 2. The lowest BCUT2D eigenvalue weighted by molar-refractivity contribution is -0.138. The van der Waals surface area contributed by atoms with E-state index in [1.807, 2.05) is 13.0 Å². The maximum Gasteiger partial charge on any atom is 0.419 e. The lowest BCUT2D eigenvalue weighted by Crippen LogP contribution is -2.47. The number of aryl methyl sites for hydroxylation is 1. The maximum absolute atomic E-state index is 13.7. The Morgan fingerprint density at radius 1 is 1.03 bits per heavy atom. The third kappa shape index (κ3) is 9.45. The number of amides is 4. The predicted octanol–water partition coefficient (Wildman–Crippen LogP) is 5.66. The summed E-state index contributed by atoms with van der Waals surface area (Å²) in [6, 6.07) is 13.8. The van der Waals surface area contributed by atoms with Crippen molar-refractivity contribution in [3.05, 3.63) is 71.0 Å². The number of carbonyl (C=O) groups is 4. The van der Waals surface area contributed by atoms with E-state index in [9.17, 15) is 37.6 Å². The molecule has 3 fully saturated rings.